The van der Waals surface area contributed by atoms with Crippen LogP contribution < -0.4 is 15.6 Å². The fraction of sp³-hybridized carbons (Fsp3) is 0.417. The smallest absolute Gasteiger partial charge is 0.270 e. The summed E-state index contributed by atoms with van der Waals surface area (Å²) in [4.78, 5) is 38.3. The number of hydrogen-bond donors (Lipinski definition) is 2. The first-order valence-electron chi connectivity index (χ1n) is 11.3. The van der Waals surface area contributed by atoms with E-state index in [1.165, 1.54) is 0 Å². The van der Waals surface area contributed by atoms with Gasteiger partial charge in [-0.2, -0.15) is 0 Å². The maximum absolute atomic E-state index is 12.2. The molecular formula is C24H27N5O4. The lowest BCUT2D eigenvalue weighted by Crippen LogP contribution is -2.48. The van der Waals surface area contributed by atoms with Crippen molar-refractivity contribution >= 4 is 16.9 Å². The van der Waals surface area contributed by atoms with Crippen LogP contribution in [-0.2, 0) is 17.7 Å². The number of ether oxygens (including phenoxy) is 2. The number of pyridine rings is 3. The Hall–Kier alpha value is -3.30. The number of likely N-dealkylation sites (tertiary alicyclic amines) is 1. The van der Waals surface area contributed by atoms with Crippen molar-refractivity contribution in [2.24, 2.45) is 0 Å². The Balaban J connectivity index is 1.16. The van der Waals surface area contributed by atoms with E-state index in [1.807, 2.05) is 25.3 Å². The van der Waals surface area contributed by atoms with Gasteiger partial charge in [-0.15, -0.1) is 0 Å². The van der Waals surface area contributed by atoms with Crippen molar-refractivity contribution in [3.8, 4) is 5.75 Å². The van der Waals surface area contributed by atoms with Gasteiger partial charge in [0.25, 0.3) is 11.5 Å². The van der Waals surface area contributed by atoms with Crippen LogP contribution in [0, 0.1) is 0 Å². The van der Waals surface area contributed by atoms with Gasteiger partial charge < -0.3 is 19.8 Å². The fourth-order valence-electron chi connectivity index (χ4n) is 4.17. The van der Waals surface area contributed by atoms with Crippen molar-refractivity contribution in [3.05, 3.63) is 63.8 Å². The van der Waals surface area contributed by atoms with E-state index in [9.17, 15) is 9.59 Å². The van der Waals surface area contributed by atoms with Crippen LogP contribution in [-0.4, -0.2) is 64.2 Å². The molecule has 5 rings (SSSR count). The zero-order valence-corrected chi connectivity index (χ0v) is 18.5. The van der Waals surface area contributed by atoms with E-state index < -0.39 is 0 Å². The molecular weight excluding hydrogens is 422 g/mol. The van der Waals surface area contributed by atoms with Gasteiger partial charge in [0.1, 0.15) is 17.5 Å². The number of nitrogens with zero attached hydrogens (tertiary/aromatic N) is 3. The van der Waals surface area contributed by atoms with Crippen LogP contribution in [0.3, 0.4) is 0 Å². The Labute approximate surface area is 191 Å². The Morgan fingerprint density at radius 1 is 1.27 bits per heavy atom. The standard InChI is InChI=1S/C24H27N5O4/c1-2-16-8-21-22(28-23(16)30)7-15(9-25-21)11-29-6-5-19(12-29)33-18-3-4-20(26-10-18)24(31)27-17-13-32-14-17/h3-4,7-10,17,19H,2,5-6,11-14H2,1H3,(H,27,31)(H,28,30)/t19-/m1/s1. The van der Waals surface area contributed by atoms with Crippen molar-refractivity contribution in [1.29, 1.82) is 0 Å². The maximum atomic E-state index is 12.2. The van der Waals surface area contributed by atoms with Crippen molar-refractivity contribution in [2.75, 3.05) is 26.3 Å². The molecule has 5 heterocycles. The van der Waals surface area contributed by atoms with E-state index in [-0.39, 0.29) is 23.6 Å². The lowest BCUT2D eigenvalue weighted by molar-refractivity contribution is -0.00355. The van der Waals surface area contributed by atoms with E-state index in [1.54, 1.807) is 18.3 Å². The molecule has 0 saturated carbocycles. The topological polar surface area (TPSA) is 109 Å². The normalized spacial score (nSPS) is 18.9. The summed E-state index contributed by atoms with van der Waals surface area (Å²) in [6, 6.07) is 7.41. The average Bonchev–Trinajstić information content (AvgIpc) is 3.22. The molecule has 0 aromatic carbocycles. The summed E-state index contributed by atoms with van der Waals surface area (Å²) in [5.41, 5.74) is 3.70. The highest BCUT2D eigenvalue weighted by atomic mass is 16.5. The molecule has 9 nitrogen and oxygen atoms in total. The number of nitrogens with one attached hydrogen (secondary N) is 2. The third-order valence-corrected chi connectivity index (χ3v) is 6.09. The van der Waals surface area contributed by atoms with Crippen LogP contribution in [0.15, 0.2) is 41.5 Å². The molecule has 0 aliphatic carbocycles. The molecule has 0 unspecified atom stereocenters. The highest BCUT2D eigenvalue weighted by molar-refractivity contribution is 5.92. The summed E-state index contributed by atoms with van der Waals surface area (Å²) in [7, 11) is 0. The molecule has 2 aliphatic heterocycles. The van der Waals surface area contributed by atoms with Gasteiger partial charge in [-0.3, -0.25) is 19.5 Å². The van der Waals surface area contributed by atoms with Crippen molar-refractivity contribution in [1.82, 2.24) is 25.2 Å². The van der Waals surface area contributed by atoms with E-state index >= 15 is 0 Å². The van der Waals surface area contributed by atoms with E-state index in [4.69, 9.17) is 9.47 Å². The molecule has 1 atom stereocenters. The van der Waals surface area contributed by atoms with Crippen LogP contribution in [0.5, 0.6) is 5.75 Å². The highest BCUT2D eigenvalue weighted by Gasteiger charge is 2.25. The predicted molar refractivity (Wildman–Crippen MR) is 122 cm³/mol. The molecule has 0 radical (unpaired) electrons. The van der Waals surface area contributed by atoms with Crippen molar-refractivity contribution < 1.29 is 14.3 Å². The molecule has 0 bridgehead atoms. The molecule has 172 valence electrons. The number of hydrogen-bond acceptors (Lipinski definition) is 7. The lowest BCUT2D eigenvalue weighted by atomic mass is 10.1. The molecule has 9 heteroatoms. The first-order chi connectivity index (χ1) is 16.1. The second-order valence-electron chi connectivity index (χ2n) is 8.60. The zero-order chi connectivity index (χ0) is 22.8. The van der Waals surface area contributed by atoms with Crippen LogP contribution in [0.4, 0.5) is 0 Å². The molecule has 33 heavy (non-hydrogen) atoms. The molecule has 0 spiro atoms. The fourth-order valence-corrected chi connectivity index (χ4v) is 4.17. The van der Waals surface area contributed by atoms with Crippen LogP contribution >= 0.6 is 0 Å². The molecule has 3 aromatic rings. The molecule has 1 amide bonds. The number of aryl methyl sites for hydroxylation is 1. The van der Waals surface area contributed by atoms with Crippen molar-refractivity contribution in [2.45, 2.75) is 38.5 Å². The Bertz CT molecular complexity index is 1210. The quantitative estimate of drug-likeness (QED) is 0.565. The number of amides is 1. The number of H-pyrrole nitrogens is 1. The van der Waals surface area contributed by atoms with Crippen molar-refractivity contribution in [3.63, 3.8) is 0 Å². The summed E-state index contributed by atoms with van der Waals surface area (Å²) in [5.74, 6) is 0.459. The van der Waals surface area contributed by atoms with Gasteiger partial charge >= 0.3 is 0 Å². The molecule has 2 aliphatic rings. The monoisotopic (exact) mass is 449 g/mol. The number of aromatic amines is 1. The Kier molecular flexibility index (Phi) is 6.06. The number of aromatic nitrogens is 3. The Morgan fingerprint density at radius 2 is 2.15 bits per heavy atom. The van der Waals surface area contributed by atoms with Crippen LogP contribution in [0.2, 0.25) is 0 Å². The number of fused-ring (bicyclic) bond motifs is 1. The predicted octanol–water partition coefficient (Wildman–Crippen LogP) is 1.66. The SMILES string of the molecule is CCc1cc2ncc(CN3CC[C@@H](Oc4ccc(C(=O)NC5COC5)nc4)C3)cc2[nH]c1=O. The van der Waals surface area contributed by atoms with Gasteiger partial charge in [-0.1, -0.05) is 6.92 Å². The highest BCUT2D eigenvalue weighted by Crippen LogP contribution is 2.20. The second-order valence-corrected chi connectivity index (χ2v) is 8.60. The zero-order valence-electron chi connectivity index (χ0n) is 18.5. The third-order valence-electron chi connectivity index (χ3n) is 6.09. The maximum Gasteiger partial charge on any atom is 0.270 e. The minimum Gasteiger partial charge on any atom is -0.487 e. The summed E-state index contributed by atoms with van der Waals surface area (Å²) >= 11 is 0. The Morgan fingerprint density at radius 3 is 2.88 bits per heavy atom. The van der Waals surface area contributed by atoms with E-state index in [2.05, 4.69) is 25.2 Å². The second kappa shape index (κ2) is 9.29. The minimum absolute atomic E-state index is 0.0484. The van der Waals surface area contributed by atoms with Gasteiger partial charge in [0.05, 0.1) is 36.5 Å². The summed E-state index contributed by atoms with van der Waals surface area (Å²) in [6.07, 6.45) is 5.12. The average molecular weight is 450 g/mol. The van der Waals surface area contributed by atoms with Gasteiger partial charge in [0, 0.05) is 31.4 Å². The van der Waals surface area contributed by atoms with E-state index in [0.717, 1.165) is 48.2 Å². The summed E-state index contributed by atoms with van der Waals surface area (Å²) < 4.78 is 11.2. The number of carbonyl (C=O) groups is 1. The first-order valence-corrected chi connectivity index (χ1v) is 11.3. The van der Waals surface area contributed by atoms with Gasteiger partial charge in [0.2, 0.25) is 0 Å². The minimum atomic E-state index is -0.196. The van der Waals surface area contributed by atoms with Crippen LogP contribution in [0.1, 0.15) is 35.0 Å². The van der Waals surface area contributed by atoms with Crippen LogP contribution in [0.25, 0.3) is 11.0 Å². The number of carbonyl (C=O) groups excluding carboxylic acids is 1. The summed E-state index contributed by atoms with van der Waals surface area (Å²) in [5, 5.41) is 2.88. The van der Waals surface area contributed by atoms with Gasteiger partial charge in [-0.25, -0.2) is 4.98 Å². The summed E-state index contributed by atoms with van der Waals surface area (Å²) in [6.45, 7) is 5.50. The third kappa shape index (κ3) is 4.89. The van der Waals surface area contributed by atoms with Gasteiger partial charge in [0.15, 0.2) is 0 Å². The van der Waals surface area contributed by atoms with E-state index in [0.29, 0.717) is 31.1 Å². The molecule has 2 saturated heterocycles. The largest absolute Gasteiger partial charge is 0.487 e. The molecule has 2 N–H and O–H groups in total. The lowest BCUT2D eigenvalue weighted by Gasteiger charge is -2.26. The number of rotatable bonds is 7. The first kappa shape index (κ1) is 21.5. The molecule has 2 fully saturated rings. The van der Waals surface area contributed by atoms with Gasteiger partial charge in [-0.05, 0) is 42.7 Å². The molecule has 3 aromatic heterocycles.